The first-order chi connectivity index (χ1) is 21.2. The Kier molecular flexibility index (Phi) is 13.2. The van der Waals surface area contributed by atoms with Gasteiger partial charge in [0.05, 0.1) is 0 Å². The van der Waals surface area contributed by atoms with Crippen molar-refractivity contribution in [3.8, 4) is 0 Å². The zero-order chi connectivity index (χ0) is 31.6. The van der Waals surface area contributed by atoms with Gasteiger partial charge < -0.3 is 9.84 Å². The van der Waals surface area contributed by atoms with Gasteiger partial charge >= 0.3 is 5.97 Å². The van der Waals surface area contributed by atoms with Gasteiger partial charge in [0.2, 0.25) is 5.78 Å². The van der Waals surface area contributed by atoms with Crippen LogP contribution >= 0.6 is 0 Å². The molecule has 0 saturated heterocycles. The second-order valence-corrected chi connectivity index (χ2v) is 15.6. The van der Waals surface area contributed by atoms with Gasteiger partial charge in [0.1, 0.15) is 5.60 Å². The number of ether oxygens (including phenoxy) is 1. The second kappa shape index (κ2) is 16.4. The van der Waals surface area contributed by atoms with Crippen LogP contribution in [0.5, 0.6) is 0 Å². The maximum absolute atomic E-state index is 13.5. The molecular weight excluding hydrogens is 548 g/mol. The van der Waals surface area contributed by atoms with Gasteiger partial charge in [0, 0.05) is 18.3 Å². The number of aliphatic hydroxyl groups is 1. The van der Waals surface area contributed by atoms with E-state index in [4.69, 9.17) is 4.74 Å². The number of carbonyl (C=O) groups excluding carboxylic acids is 3. The predicted octanol–water partition coefficient (Wildman–Crippen LogP) is 9.62. The molecule has 0 aliphatic heterocycles. The Bertz CT molecular complexity index is 1000. The molecular formula is C39H64O5. The van der Waals surface area contributed by atoms with Crippen LogP contribution in [0.4, 0.5) is 0 Å². The van der Waals surface area contributed by atoms with Gasteiger partial charge in [-0.15, -0.1) is 0 Å². The fraction of sp³-hybridized carbons (Fsp3) is 0.872. The van der Waals surface area contributed by atoms with Crippen LogP contribution in [0.25, 0.3) is 0 Å². The third-order valence-electron chi connectivity index (χ3n) is 12.9. The quantitative estimate of drug-likeness (QED) is 0.116. The number of unbranched alkanes of at least 4 members (excludes halogenated alkanes) is 14. The Morgan fingerprint density at radius 2 is 1.34 bits per heavy atom. The lowest BCUT2D eigenvalue weighted by Gasteiger charge is -2.58. The highest BCUT2D eigenvalue weighted by molar-refractivity contribution is 5.92. The lowest BCUT2D eigenvalue weighted by atomic mass is 9.46. The summed E-state index contributed by atoms with van der Waals surface area (Å²) in [7, 11) is 0. The topological polar surface area (TPSA) is 80.7 Å². The first kappa shape index (κ1) is 35.4. The Labute approximate surface area is 268 Å². The van der Waals surface area contributed by atoms with Crippen LogP contribution in [0.1, 0.15) is 175 Å². The monoisotopic (exact) mass is 612 g/mol. The predicted molar refractivity (Wildman–Crippen MR) is 177 cm³/mol. The van der Waals surface area contributed by atoms with Crippen molar-refractivity contribution in [1.29, 1.82) is 0 Å². The summed E-state index contributed by atoms with van der Waals surface area (Å²) in [5.41, 5.74) is -0.486. The van der Waals surface area contributed by atoms with Crippen molar-refractivity contribution in [2.75, 3.05) is 6.61 Å². The number of hydrogen-bond acceptors (Lipinski definition) is 5. The zero-order valence-corrected chi connectivity index (χ0v) is 28.6. The van der Waals surface area contributed by atoms with E-state index in [1.54, 1.807) is 0 Å². The van der Waals surface area contributed by atoms with Crippen molar-refractivity contribution in [3.63, 3.8) is 0 Å². The molecule has 4 aliphatic rings. The number of esters is 1. The highest BCUT2D eigenvalue weighted by atomic mass is 16.5. The van der Waals surface area contributed by atoms with E-state index < -0.39 is 11.0 Å². The average Bonchev–Trinajstić information content (AvgIpc) is 3.29. The summed E-state index contributed by atoms with van der Waals surface area (Å²) in [6.45, 7) is 6.44. The minimum absolute atomic E-state index is 0.0748. The molecule has 0 spiro atoms. The van der Waals surface area contributed by atoms with Gasteiger partial charge in [0.25, 0.3) is 0 Å². The second-order valence-electron chi connectivity index (χ2n) is 15.6. The van der Waals surface area contributed by atoms with Gasteiger partial charge in [0.15, 0.2) is 12.4 Å². The maximum atomic E-state index is 13.5. The molecule has 3 fully saturated rings. The van der Waals surface area contributed by atoms with Gasteiger partial charge in [-0.3, -0.25) is 14.4 Å². The molecule has 0 aromatic rings. The van der Waals surface area contributed by atoms with Crippen LogP contribution in [0.3, 0.4) is 0 Å². The van der Waals surface area contributed by atoms with Crippen LogP contribution in [0, 0.1) is 28.6 Å². The summed E-state index contributed by atoms with van der Waals surface area (Å²) in [5, 5.41) is 11.9. The number of allylic oxidation sites excluding steroid dienone is 1. The summed E-state index contributed by atoms with van der Waals surface area (Å²) < 4.78 is 5.44. The van der Waals surface area contributed by atoms with E-state index in [2.05, 4.69) is 20.8 Å². The lowest BCUT2D eigenvalue weighted by molar-refractivity contribution is -0.170. The van der Waals surface area contributed by atoms with E-state index in [-0.39, 0.29) is 29.6 Å². The number of Topliss-reactive ketones (excluding diaryl/α,β-unsaturated/α-hetero) is 1. The molecule has 3 saturated carbocycles. The standard InChI is InChI=1S/C39H64O5/c1-4-5-6-7-8-9-10-11-12-13-14-15-16-17-18-19-36(42)44-29-35(41)39(43)27-24-34-32-21-20-30-28-31(40)22-25-37(30,2)33(32)23-26-38(34,39)3/h28,32-34,43H,4-27,29H2,1-3H3/t32?,33?,34?,37?,38?,39-/m0/s1. The van der Waals surface area contributed by atoms with Crippen molar-refractivity contribution in [2.45, 2.75) is 180 Å². The summed E-state index contributed by atoms with van der Waals surface area (Å²) >= 11 is 0. The Morgan fingerprint density at radius 3 is 1.95 bits per heavy atom. The van der Waals surface area contributed by atoms with Gasteiger partial charge in [-0.1, -0.05) is 116 Å². The molecule has 1 N–H and O–H groups in total. The van der Waals surface area contributed by atoms with Gasteiger partial charge in [-0.05, 0) is 80.6 Å². The van der Waals surface area contributed by atoms with E-state index in [1.807, 2.05) is 6.08 Å². The summed E-state index contributed by atoms with van der Waals surface area (Å²) in [5.74, 6) is 0.925. The fourth-order valence-corrected chi connectivity index (χ4v) is 10.0. The van der Waals surface area contributed by atoms with E-state index in [1.165, 1.54) is 82.6 Å². The molecule has 0 heterocycles. The fourth-order valence-electron chi connectivity index (χ4n) is 10.0. The molecule has 250 valence electrons. The average molecular weight is 613 g/mol. The van der Waals surface area contributed by atoms with Crippen LogP contribution in [0.2, 0.25) is 0 Å². The van der Waals surface area contributed by atoms with Gasteiger partial charge in [-0.25, -0.2) is 0 Å². The Hall–Kier alpha value is -1.49. The molecule has 6 atom stereocenters. The Balaban J connectivity index is 1.10. The SMILES string of the molecule is CCCCCCCCCCCCCCCCCC(=O)OCC(=O)[C@@]1(O)CCC2C3CCC4=CC(=O)CCC4(C)C3CCC21C. The third kappa shape index (κ3) is 8.07. The highest BCUT2D eigenvalue weighted by Crippen LogP contribution is 2.67. The lowest BCUT2D eigenvalue weighted by Crippen LogP contribution is -2.58. The van der Waals surface area contributed by atoms with Crippen LogP contribution < -0.4 is 0 Å². The minimum Gasteiger partial charge on any atom is -0.458 e. The first-order valence-corrected chi connectivity index (χ1v) is 18.8. The van der Waals surface area contributed by atoms with E-state index >= 15 is 0 Å². The zero-order valence-electron chi connectivity index (χ0n) is 28.6. The number of fused-ring (bicyclic) bond motifs is 5. The normalized spacial score (nSPS) is 32.9. The van der Waals surface area contributed by atoms with Gasteiger partial charge in [-0.2, -0.15) is 0 Å². The van der Waals surface area contributed by atoms with Crippen LogP contribution in [-0.4, -0.2) is 34.9 Å². The summed E-state index contributed by atoms with van der Waals surface area (Å²) in [6.07, 6.45) is 28.2. The third-order valence-corrected chi connectivity index (χ3v) is 12.9. The smallest absolute Gasteiger partial charge is 0.306 e. The van der Waals surface area contributed by atoms with E-state index in [0.717, 1.165) is 57.8 Å². The molecule has 44 heavy (non-hydrogen) atoms. The van der Waals surface area contributed by atoms with Crippen molar-refractivity contribution < 1.29 is 24.2 Å². The first-order valence-electron chi connectivity index (χ1n) is 18.8. The van der Waals surface area contributed by atoms with E-state index in [0.29, 0.717) is 37.0 Å². The Morgan fingerprint density at radius 1 is 0.773 bits per heavy atom. The number of ketones is 2. The van der Waals surface area contributed by atoms with Crippen LogP contribution in [0.15, 0.2) is 11.6 Å². The minimum atomic E-state index is -1.42. The number of hydrogen-bond donors (Lipinski definition) is 1. The van der Waals surface area contributed by atoms with Crippen LogP contribution in [-0.2, 0) is 19.1 Å². The number of carbonyl (C=O) groups is 3. The molecule has 0 amide bonds. The summed E-state index contributed by atoms with van der Waals surface area (Å²) in [4.78, 5) is 38.0. The van der Waals surface area contributed by atoms with Crippen molar-refractivity contribution in [1.82, 2.24) is 0 Å². The van der Waals surface area contributed by atoms with E-state index in [9.17, 15) is 19.5 Å². The molecule has 5 nitrogen and oxygen atoms in total. The molecule has 4 rings (SSSR count). The summed E-state index contributed by atoms with van der Waals surface area (Å²) in [6, 6.07) is 0. The van der Waals surface area contributed by atoms with Crippen molar-refractivity contribution in [3.05, 3.63) is 11.6 Å². The number of rotatable bonds is 19. The molecule has 0 bridgehead atoms. The molecule has 4 aliphatic carbocycles. The molecule has 0 radical (unpaired) electrons. The molecule has 0 aromatic carbocycles. The van der Waals surface area contributed by atoms with Crippen molar-refractivity contribution >= 4 is 17.5 Å². The maximum Gasteiger partial charge on any atom is 0.306 e. The highest BCUT2D eigenvalue weighted by Gasteiger charge is 2.66. The largest absolute Gasteiger partial charge is 0.458 e. The molecule has 5 heteroatoms. The van der Waals surface area contributed by atoms with Crippen molar-refractivity contribution in [2.24, 2.45) is 28.6 Å². The molecule has 0 aromatic heterocycles. The molecule has 5 unspecified atom stereocenters.